The van der Waals surface area contributed by atoms with Gasteiger partial charge < -0.3 is 15.0 Å². The van der Waals surface area contributed by atoms with E-state index < -0.39 is 41.1 Å². The quantitative estimate of drug-likeness (QED) is 0.559. The summed E-state index contributed by atoms with van der Waals surface area (Å²) < 4.78 is 47.5. The number of ether oxygens (including phenoxy) is 1. The number of hydrogen-bond donors (Lipinski definition) is 1. The molecule has 2 atom stereocenters. The molecule has 1 fully saturated rings. The number of halogens is 3. The maximum atomic E-state index is 14.6. The number of nitrogens with one attached hydrogen (secondary N) is 1. The Kier molecular flexibility index (Phi) is 6.33. The number of aryl methyl sites for hydroxylation is 1. The first-order valence-corrected chi connectivity index (χ1v) is 11.0. The molecule has 2 aromatic heterocycles. The van der Waals surface area contributed by atoms with Gasteiger partial charge in [0.15, 0.2) is 17.3 Å². The van der Waals surface area contributed by atoms with Crippen LogP contribution >= 0.6 is 0 Å². The summed E-state index contributed by atoms with van der Waals surface area (Å²) in [5.41, 5.74) is 1.14. The summed E-state index contributed by atoms with van der Waals surface area (Å²) in [5, 5.41) is 2.79. The smallest absolute Gasteiger partial charge is 0.407 e. The highest BCUT2D eigenvalue weighted by Crippen LogP contribution is 2.33. The van der Waals surface area contributed by atoms with E-state index in [1.807, 2.05) is 17.9 Å². The number of carbonyl (C=O) groups excluding carboxylic acids is 1. The number of fused-ring (bicyclic) bond motifs is 1. The molecule has 180 valence electrons. The summed E-state index contributed by atoms with van der Waals surface area (Å²) in [4.78, 5) is 27.8. The number of aromatic nitrogens is 3. The van der Waals surface area contributed by atoms with E-state index in [4.69, 9.17) is 4.74 Å². The lowest BCUT2D eigenvalue weighted by atomic mass is 9.84. The molecule has 0 aliphatic carbocycles. The van der Waals surface area contributed by atoms with E-state index in [1.165, 1.54) is 0 Å². The average Bonchev–Trinajstić information content (AvgIpc) is 2.74. The molecule has 3 heterocycles. The van der Waals surface area contributed by atoms with E-state index in [0.29, 0.717) is 36.0 Å². The minimum Gasteiger partial charge on any atom is -0.444 e. The second-order valence-corrected chi connectivity index (χ2v) is 9.41. The first-order valence-electron chi connectivity index (χ1n) is 11.0. The first-order chi connectivity index (χ1) is 16.0. The van der Waals surface area contributed by atoms with Crippen LogP contribution in [0.1, 0.15) is 44.4 Å². The molecule has 3 aromatic rings. The van der Waals surface area contributed by atoms with Crippen molar-refractivity contribution in [1.29, 1.82) is 0 Å². The van der Waals surface area contributed by atoms with E-state index in [-0.39, 0.29) is 12.1 Å². The molecule has 0 unspecified atom stereocenters. The Balaban J connectivity index is 1.65. The minimum absolute atomic E-state index is 0.00701. The lowest BCUT2D eigenvalue weighted by Gasteiger charge is -2.40. The molecular formula is C24H26F3N5O2. The molecule has 1 saturated heterocycles. The standard InChI is InChI=1S/C24H26F3N5O2/c1-13-11-28-19-5-6-21(31-22(19)29-13)32-8-7-14(15-9-17(26)18(27)10-16(15)25)20(12-32)30-23(33)34-24(2,3)4/h5-6,9-11,14,20H,7-8,12H2,1-4H3,(H,30,33)/t14-,20+/m1/s1. The van der Waals surface area contributed by atoms with Crippen LogP contribution in [0.15, 0.2) is 30.5 Å². The van der Waals surface area contributed by atoms with Gasteiger partial charge in [0.2, 0.25) is 0 Å². The predicted molar refractivity (Wildman–Crippen MR) is 121 cm³/mol. The summed E-state index contributed by atoms with van der Waals surface area (Å²) in [6.45, 7) is 7.72. The maximum absolute atomic E-state index is 14.6. The van der Waals surface area contributed by atoms with Crippen molar-refractivity contribution in [1.82, 2.24) is 20.3 Å². The normalized spacial score (nSPS) is 18.7. The van der Waals surface area contributed by atoms with Gasteiger partial charge in [-0.2, -0.15) is 0 Å². The van der Waals surface area contributed by atoms with E-state index in [0.717, 1.165) is 11.8 Å². The van der Waals surface area contributed by atoms with Crippen LogP contribution in [0.2, 0.25) is 0 Å². The van der Waals surface area contributed by atoms with E-state index in [9.17, 15) is 18.0 Å². The van der Waals surface area contributed by atoms with Gasteiger partial charge in [-0.3, -0.25) is 4.98 Å². The fraction of sp³-hybridized carbons (Fsp3) is 0.417. The van der Waals surface area contributed by atoms with Gasteiger partial charge in [0.1, 0.15) is 22.8 Å². The number of hydrogen-bond acceptors (Lipinski definition) is 6. The Morgan fingerprint density at radius 3 is 2.59 bits per heavy atom. The first kappa shape index (κ1) is 23.7. The topological polar surface area (TPSA) is 80.2 Å². The number of rotatable bonds is 3. The Bertz CT molecular complexity index is 1230. The Morgan fingerprint density at radius 1 is 1.12 bits per heavy atom. The number of anilines is 1. The average molecular weight is 473 g/mol. The van der Waals surface area contributed by atoms with E-state index in [2.05, 4.69) is 20.3 Å². The second-order valence-electron chi connectivity index (χ2n) is 9.41. The summed E-state index contributed by atoms with van der Waals surface area (Å²) in [6, 6.07) is 4.36. The number of carbonyl (C=O) groups is 1. The van der Waals surface area contributed by atoms with Crippen LogP contribution in [0.25, 0.3) is 11.2 Å². The van der Waals surface area contributed by atoms with Crippen molar-refractivity contribution in [3.63, 3.8) is 0 Å². The molecule has 7 nitrogen and oxygen atoms in total. The molecular weight excluding hydrogens is 447 g/mol. The molecule has 1 aliphatic rings. The van der Waals surface area contributed by atoms with Gasteiger partial charge in [-0.05, 0) is 57.9 Å². The zero-order chi connectivity index (χ0) is 24.6. The zero-order valence-electron chi connectivity index (χ0n) is 19.4. The van der Waals surface area contributed by atoms with Crippen LogP contribution in [0.4, 0.5) is 23.8 Å². The monoisotopic (exact) mass is 473 g/mol. The molecule has 1 aromatic carbocycles. The van der Waals surface area contributed by atoms with E-state index >= 15 is 0 Å². The van der Waals surface area contributed by atoms with Crippen molar-refractivity contribution >= 4 is 23.1 Å². The van der Waals surface area contributed by atoms with Crippen molar-refractivity contribution in [2.45, 2.75) is 51.7 Å². The van der Waals surface area contributed by atoms with Crippen LogP contribution < -0.4 is 10.2 Å². The van der Waals surface area contributed by atoms with Gasteiger partial charge >= 0.3 is 6.09 Å². The molecule has 0 saturated carbocycles. The van der Waals surface area contributed by atoms with Gasteiger partial charge in [0.05, 0.1) is 11.7 Å². The summed E-state index contributed by atoms with van der Waals surface area (Å²) in [7, 11) is 0. The lowest BCUT2D eigenvalue weighted by molar-refractivity contribution is 0.0492. The van der Waals surface area contributed by atoms with Gasteiger partial charge in [-0.1, -0.05) is 0 Å². The third-order valence-corrected chi connectivity index (χ3v) is 5.59. The molecule has 10 heteroatoms. The van der Waals surface area contributed by atoms with Crippen LogP contribution in [0, 0.1) is 24.4 Å². The van der Waals surface area contributed by atoms with Crippen molar-refractivity contribution < 1.29 is 22.7 Å². The molecule has 0 spiro atoms. The number of alkyl carbamates (subject to hydrolysis) is 1. The largest absolute Gasteiger partial charge is 0.444 e. The lowest BCUT2D eigenvalue weighted by Crippen LogP contribution is -2.53. The molecule has 4 rings (SSSR count). The Hall–Kier alpha value is -3.43. The SMILES string of the molecule is Cc1cnc2ccc(N3CC[C@H](c4cc(F)c(F)cc4F)[C@@H](NC(=O)OC(C)(C)C)C3)nc2n1. The fourth-order valence-corrected chi connectivity index (χ4v) is 4.11. The molecule has 34 heavy (non-hydrogen) atoms. The van der Waals surface area contributed by atoms with Gasteiger partial charge in [-0.15, -0.1) is 0 Å². The third kappa shape index (κ3) is 5.21. The van der Waals surface area contributed by atoms with Crippen molar-refractivity contribution in [3.8, 4) is 0 Å². The number of benzene rings is 1. The number of amides is 1. The highest BCUT2D eigenvalue weighted by Gasteiger charge is 2.35. The molecule has 0 bridgehead atoms. The molecule has 1 aliphatic heterocycles. The van der Waals surface area contributed by atoms with Crippen LogP contribution in [0.3, 0.4) is 0 Å². The number of piperidine rings is 1. The predicted octanol–water partition coefficient (Wildman–Crippen LogP) is 4.64. The molecule has 1 amide bonds. The van der Waals surface area contributed by atoms with Crippen molar-refractivity contribution in [2.75, 3.05) is 18.0 Å². The van der Waals surface area contributed by atoms with Crippen LogP contribution in [0.5, 0.6) is 0 Å². The zero-order valence-corrected chi connectivity index (χ0v) is 19.4. The third-order valence-electron chi connectivity index (χ3n) is 5.59. The van der Waals surface area contributed by atoms with Gasteiger partial charge in [0.25, 0.3) is 0 Å². The van der Waals surface area contributed by atoms with Gasteiger partial charge in [0, 0.05) is 31.3 Å². The summed E-state index contributed by atoms with van der Waals surface area (Å²) in [5.74, 6) is -3.23. The van der Waals surface area contributed by atoms with E-state index in [1.54, 1.807) is 33.0 Å². The van der Waals surface area contributed by atoms with Crippen molar-refractivity contribution in [3.05, 3.63) is 59.2 Å². The second kappa shape index (κ2) is 9.08. The van der Waals surface area contributed by atoms with Crippen molar-refractivity contribution in [2.24, 2.45) is 0 Å². The number of nitrogens with zero attached hydrogens (tertiary/aromatic N) is 4. The summed E-state index contributed by atoms with van der Waals surface area (Å²) in [6.07, 6.45) is 1.34. The van der Waals surface area contributed by atoms with Crippen LogP contribution in [-0.4, -0.2) is 45.8 Å². The minimum atomic E-state index is -1.26. The fourth-order valence-electron chi connectivity index (χ4n) is 4.11. The highest BCUT2D eigenvalue weighted by atomic mass is 19.2. The maximum Gasteiger partial charge on any atom is 0.407 e. The summed E-state index contributed by atoms with van der Waals surface area (Å²) >= 11 is 0. The van der Waals surface area contributed by atoms with Gasteiger partial charge in [-0.25, -0.2) is 27.9 Å². The number of pyridine rings is 1. The molecule has 0 radical (unpaired) electrons. The molecule has 1 N–H and O–H groups in total. The van der Waals surface area contributed by atoms with Crippen LogP contribution in [-0.2, 0) is 4.74 Å². The Labute approximate surface area is 195 Å². The Morgan fingerprint density at radius 2 is 1.85 bits per heavy atom. The highest BCUT2D eigenvalue weighted by molar-refractivity contribution is 5.72.